The molecule has 0 saturated carbocycles. The molecule has 0 spiro atoms. The predicted octanol–water partition coefficient (Wildman–Crippen LogP) is 1.43. The van der Waals surface area contributed by atoms with Crippen molar-refractivity contribution in [1.29, 1.82) is 0 Å². The standard InChI is InChI=1S/C11H19N3O2/c1-8(6-10-4-3-5-15-10)12-7-11-13-9(2)14-16-11/h8,10,12H,3-7H2,1-2H3. The van der Waals surface area contributed by atoms with Gasteiger partial charge in [-0.2, -0.15) is 4.98 Å². The highest BCUT2D eigenvalue weighted by Crippen LogP contribution is 2.16. The monoisotopic (exact) mass is 225 g/mol. The number of aromatic nitrogens is 2. The number of aryl methyl sites for hydroxylation is 1. The third-order valence-electron chi connectivity index (χ3n) is 2.81. The molecule has 0 bridgehead atoms. The van der Waals surface area contributed by atoms with E-state index in [1.54, 1.807) is 0 Å². The Morgan fingerprint density at radius 3 is 3.06 bits per heavy atom. The molecule has 1 aliphatic heterocycles. The fourth-order valence-electron chi connectivity index (χ4n) is 1.98. The minimum Gasteiger partial charge on any atom is -0.378 e. The van der Waals surface area contributed by atoms with Crippen molar-refractivity contribution >= 4 is 0 Å². The molecule has 16 heavy (non-hydrogen) atoms. The highest BCUT2D eigenvalue weighted by atomic mass is 16.5. The van der Waals surface area contributed by atoms with Crippen LogP contribution in [-0.4, -0.2) is 28.9 Å². The Morgan fingerprint density at radius 1 is 1.56 bits per heavy atom. The molecule has 90 valence electrons. The molecule has 1 fully saturated rings. The second-order valence-corrected chi connectivity index (χ2v) is 4.39. The van der Waals surface area contributed by atoms with Gasteiger partial charge in [-0.25, -0.2) is 0 Å². The number of nitrogens with zero attached hydrogens (tertiary/aromatic N) is 2. The Bertz CT molecular complexity index is 321. The maximum atomic E-state index is 5.59. The molecule has 0 aromatic carbocycles. The molecule has 2 heterocycles. The van der Waals surface area contributed by atoms with E-state index in [9.17, 15) is 0 Å². The van der Waals surface area contributed by atoms with Gasteiger partial charge in [0.15, 0.2) is 5.82 Å². The van der Waals surface area contributed by atoms with Gasteiger partial charge in [-0.05, 0) is 33.1 Å². The Hall–Kier alpha value is -0.940. The summed E-state index contributed by atoms with van der Waals surface area (Å²) < 4.78 is 10.6. The summed E-state index contributed by atoms with van der Waals surface area (Å²) in [5, 5.41) is 7.11. The SMILES string of the molecule is Cc1noc(CNC(C)CC2CCCO2)n1. The molecule has 2 atom stereocenters. The van der Waals surface area contributed by atoms with Crippen molar-refractivity contribution in [3.63, 3.8) is 0 Å². The Labute approximate surface area is 95.6 Å². The first-order valence-electron chi connectivity index (χ1n) is 5.88. The summed E-state index contributed by atoms with van der Waals surface area (Å²) in [7, 11) is 0. The van der Waals surface area contributed by atoms with Crippen molar-refractivity contribution in [2.24, 2.45) is 0 Å². The highest BCUT2D eigenvalue weighted by Gasteiger charge is 2.18. The van der Waals surface area contributed by atoms with E-state index in [1.807, 2.05) is 6.92 Å². The van der Waals surface area contributed by atoms with E-state index in [-0.39, 0.29) is 0 Å². The lowest BCUT2D eigenvalue weighted by molar-refractivity contribution is 0.0958. The lowest BCUT2D eigenvalue weighted by Gasteiger charge is -2.16. The summed E-state index contributed by atoms with van der Waals surface area (Å²) in [6, 6.07) is 0.412. The summed E-state index contributed by atoms with van der Waals surface area (Å²) in [6.45, 7) is 5.53. The molecule has 0 radical (unpaired) electrons. The number of ether oxygens (including phenoxy) is 1. The molecule has 1 aromatic rings. The normalized spacial score (nSPS) is 22.5. The molecule has 2 unspecified atom stereocenters. The minimum absolute atomic E-state index is 0.412. The van der Waals surface area contributed by atoms with Crippen LogP contribution in [0.25, 0.3) is 0 Å². The molecule has 0 aliphatic carbocycles. The van der Waals surface area contributed by atoms with Crippen LogP contribution in [0.1, 0.15) is 37.9 Å². The third kappa shape index (κ3) is 3.28. The molecule has 1 N–H and O–H groups in total. The summed E-state index contributed by atoms with van der Waals surface area (Å²) in [6.07, 6.45) is 3.85. The topological polar surface area (TPSA) is 60.2 Å². The highest BCUT2D eigenvalue weighted by molar-refractivity contribution is 4.83. The second-order valence-electron chi connectivity index (χ2n) is 4.39. The molecule has 5 heteroatoms. The van der Waals surface area contributed by atoms with E-state index in [4.69, 9.17) is 9.26 Å². The zero-order chi connectivity index (χ0) is 11.4. The Morgan fingerprint density at radius 2 is 2.44 bits per heavy atom. The number of hydrogen-bond donors (Lipinski definition) is 1. The van der Waals surface area contributed by atoms with E-state index >= 15 is 0 Å². The molecule has 2 rings (SSSR count). The fraction of sp³-hybridized carbons (Fsp3) is 0.818. The van der Waals surface area contributed by atoms with Crippen molar-refractivity contribution in [3.8, 4) is 0 Å². The summed E-state index contributed by atoms with van der Waals surface area (Å²) in [4.78, 5) is 4.14. The van der Waals surface area contributed by atoms with Gasteiger partial charge in [0.05, 0.1) is 12.6 Å². The van der Waals surface area contributed by atoms with Gasteiger partial charge in [-0.15, -0.1) is 0 Å². The van der Waals surface area contributed by atoms with Crippen molar-refractivity contribution in [3.05, 3.63) is 11.7 Å². The van der Waals surface area contributed by atoms with E-state index in [0.29, 0.717) is 30.4 Å². The van der Waals surface area contributed by atoms with Gasteiger partial charge in [0.2, 0.25) is 5.89 Å². The van der Waals surface area contributed by atoms with Gasteiger partial charge >= 0.3 is 0 Å². The van der Waals surface area contributed by atoms with Gasteiger partial charge in [0, 0.05) is 12.6 Å². The number of hydrogen-bond acceptors (Lipinski definition) is 5. The summed E-state index contributed by atoms with van der Waals surface area (Å²) >= 11 is 0. The first-order chi connectivity index (χ1) is 7.74. The zero-order valence-electron chi connectivity index (χ0n) is 9.90. The first kappa shape index (κ1) is 11.5. The fourth-order valence-corrected chi connectivity index (χ4v) is 1.98. The van der Waals surface area contributed by atoms with Gasteiger partial charge in [-0.3, -0.25) is 0 Å². The molecule has 0 amide bonds. The van der Waals surface area contributed by atoms with Gasteiger partial charge in [0.1, 0.15) is 0 Å². The lowest BCUT2D eigenvalue weighted by atomic mass is 10.1. The molecule has 5 nitrogen and oxygen atoms in total. The summed E-state index contributed by atoms with van der Waals surface area (Å²) in [5.41, 5.74) is 0. The second kappa shape index (κ2) is 5.41. The zero-order valence-corrected chi connectivity index (χ0v) is 9.90. The average Bonchev–Trinajstić information content (AvgIpc) is 2.87. The van der Waals surface area contributed by atoms with Crippen LogP contribution >= 0.6 is 0 Å². The van der Waals surface area contributed by atoms with Crippen molar-refractivity contribution in [2.45, 2.75) is 51.8 Å². The van der Waals surface area contributed by atoms with E-state index in [0.717, 1.165) is 13.0 Å². The largest absolute Gasteiger partial charge is 0.378 e. The minimum atomic E-state index is 0.412. The molecule has 1 aliphatic rings. The number of rotatable bonds is 5. The van der Waals surface area contributed by atoms with Gasteiger partial charge in [-0.1, -0.05) is 5.16 Å². The lowest BCUT2D eigenvalue weighted by Crippen LogP contribution is -2.29. The molecule has 1 aromatic heterocycles. The summed E-state index contributed by atoms with van der Waals surface area (Å²) in [5.74, 6) is 1.33. The third-order valence-corrected chi connectivity index (χ3v) is 2.81. The van der Waals surface area contributed by atoms with Crippen molar-refractivity contribution in [2.75, 3.05) is 6.61 Å². The Balaban J connectivity index is 1.68. The maximum Gasteiger partial charge on any atom is 0.240 e. The van der Waals surface area contributed by atoms with Crippen molar-refractivity contribution < 1.29 is 9.26 Å². The maximum absolute atomic E-state index is 5.59. The van der Waals surface area contributed by atoms with Crippen LogP contribution in [-0.2, 0) is 11.3 Å². The van der Waals surface area contributed by atoms with Crippen LogP contribution in [0.5, 0.6) is 0 Å². The predicted molar refractivity (Wildman–Crippen MR) is 58.9 cm³/mol. The first-order valence-corrected chi connectivity index (χ1v) is 5.88. The molecular formula is C11H19N3O2. The molecular weight excluding hydrogens is 206 g/mol. The van der Waals surface area contributed by atoms with Crippen LogP contribution < -0.4 is 5.32 Å². The van der Waals surface area contributed by atoms with Gasteiger partial charge in [0.25, 0.3) is 0 Å². The van der Waals surface area contributed by atoms with E-state index < -0.39 is 0 Å². The van der Waals surface area contributed by atoms with Crippen LogP contribution in [0.2, 0.25) is 0 Å². The smallest absolute Gasteiger partial charge is 0.240 e. The number of nitrogens with one attached hydrogen (secondary N) is 1. The Kier molecular flexibility index (Phi) is 3.90. The van der Waals surface area contributed by atoms with Crippen LogP contribution in [0.4, 0.5) is 0 Å². The van der Waals surface area contributed by atoms with Crippen LogP contribution in [0.3, 0.4) is 0 Å². The average molecular weight is 225 g/mol. The van der Waals surface area contributed by atoms with E-state index in [2.05, 4.69) is 22.4 Å². The van der Waals surface area contributed by atoms with Crippen LogP contribution in [0, 0.1) is 6.92 Å². The van der Waals surface area contributed by atoms with E-state index in [1.165, 1.54) is 12.8 Å². The van der Waals surface area contributed by atoms with Crippen molar-refractivity contribution in [1.82, 2.24) is 15.5 Å². The quantitative estimate of drug-likeness (QED) is 0.821. The van der Waals surface area contributed by atoms with Crippen LogP contribution in [0.15, 0.2) is 4.52 Å². The molecule has 1 saturated heterocycles. The van der Waals surface area contributed by atoms with Gasteiger partial charge < -0.3 is 14.6 Å².